The van der Waals surface area contributed by atoms with E-state index in [0.29, 0.717) is 16.5 Å². The Morgan fingerprint density at radius 1 is 1.17 bits per heavy atom. The van der Waals surface area contributed by atoms with Gasteiger partial charge in [-0.3, -0.25) is 9.59 Å². The highest BCUT2D eigenvalue weighted by atomic mass is 35.5. The number of carboxylic acids is 1. The summed E-state index contributed by atoms with van der Waals surface area (Å²) in [6.45, 7) is 2.12. The summed E-state index contributed by atoms with van der Waals surface area (Å²) < 4.78 is 38.6. The summed E-state index contributed by atoms with van der Waals surface area (Å²) in [4.78, 5) is 27.4. The number of carbonyl (C=O) groups is 2. The molecule has 10 heteroatoms. The zero-order chi connectivity index (χ0) is 26.7. The maximum Gasteiger partial charge on any atom is 0.401 e. The number of likely N-dealkylation sites (tertiary alicyclic amines) is 1. The van der Waals surface area contributed by atoms with E-state index in [0.717, 1.165) is 11.1 Å². The van der Waals surface area contributed by atoms with E-state index in [1.807, 2.05) is 6.07 Å². The number of nitrogens with zero attached hydrogens (tertiary/aromatic N) is 1. The fraction of sp³-hybridized carbons (Fsp3) is 0.462. The van der Waals surface area contributed by atoms with Crippen molar-refractivity contribution in [2.45, 2.75) is 57.3 Å². The second-order valence-corrected chi connectivity index (χ2v) is 10.4. The molecular weight excluding hydrogens is 516 g/mol. The van der Waals surface area contributed by atoms with Gasteiger partial charge >= 0.3 is 12.1 Å². The molecule has 196 valence electrons. The predicted octanol–water partition coefficient (Wildman–Crippen LogP) is 6.46. The number of amides is 1. The van der Waals surface area contributed by atoms with Crippen LogP contribution in [0.15, 0.2) is 48.5 Å². The van der Waals surface area contributed by atoms with Gasteiger partial charge in [-0.25, -0.2) is 0 Å². The molecule has 4 atom stereocenters. The van der Waals surface area contributed by atoms with E-state index >= 15 is 0 Å². The number of carbonyl (C=O) groups excluding carboxylic acids is 1. The summed E-state index contributed by atoms with van der Waals surface area (Å²) in [6, 6.07) is 13.0. The Kier molecular flexibility index (Phi) is 8.96. The van der Waals surface area contributed by atoms with Crippen LogP contribution >= 0.6 is 23.2 Å². The number of aliphatic carboxylic acids is 1. The second kappa shape index (κ2) is 11.4. The minimum Gasteiger partial charge on any atom is -0.481 e. The van der Waals surface area contributed by atoms with E-state index in [4.69, 9.17) is 23.2 Å². The monoisotopic (exact) mass is 544 g/mol. The van der Waals surface area contributed by atoms with E-state index in [1.165, 1.54) is 0 Å². The highest BCUT2D eigenvalue weighted by molar-refractivity contribution is 6.30. The Balaban J connectivity index is 2.15. The fourth-order valence-electron chi connectivity index (χ4n) is 5.10. The van der Waals surface area contributed by atoms with Gasteiger partial charge in [-0.1, -0.05) is 61.3 Å². The van der Waals surface area contributed by atoms with E-state index < -0.39 is 48.5 Å². The zero-order valence-electron chi connectivity index (χ0n) is 20.0. The first-order chi connectivity index (χ1) is 16.8. The van der Waals surface area contributed by atoms with Gasteiger partial charge in [-0.15, -0.1) is 0 Å². The van der Waals surface area contributed by atoms with Gasteiger partial charge in [-0.2, -0.15) is 13.2 Å². The standard InChI is InChI=1S/C26H29Cl2F3N2O3/c1-3-20(14-32-15-26(29,30)31)33-23(16-7-9-18(27)10-8-16)21(17-5-4-6-19(28)11-17)12-25(2,24(33)36)13-22(34)35/h4-11,20-21,23,32H,3,12-15H2,1-2H3,(H,34,35)/t20-,21?,23+,25+/m0/s1. The van der Waals surface area contributed by atoms with E-state index in [-0.39, 0.29) is 18.9 Å². The second-order valence-electron chi connectivity index (χ2n) is 9.51. The van der Waals surface area contributed by atoms with Gasteiger partial charge in [-0.05, 0) is 48.2 Å². The predicted molar refractivity (Wildman–Crippen MR) is 133 cm³/mol. The van der Waals surface area contributed by atoms with Gasteiger partial charge in [0, 0.05) is 28.5 Å². The van der Waals surface area contributed by atoms with Crippen molar-refractivity contribution < 1.29 is 27.9 Å². The summed E-state index contributed by atoms with van der Waals surface area (Å²) in [5.74, 6) is -1.88. The van der Waals surface area contributed by atoms with Gasteiger partial charge in [0.2, 0.25) is 5.91 Å². The topological polar surface area (TPSA) is 69.6 Å². The minimum atomic E-state index is -4.40. The average Bonchev–Trinajstić information content (AvgIpc) is 2.78. The highest BCUT2D eigenvalue weighted by Crippen LogP contribution is 2.52. The molecule has 0 aromatic heterocycles. The molecule has 0 bridgehead atoms. The van der Waals surface area contributed by atoms with Crippen molar-refractivity contribution in [2.75, 3.05) is 13.1 Å². The van der Waals surface area contributed by atoms with Crippen molar-refractivity contribution in [1.82, 2.24) is 10.2 Å². The zero-order valence-corrected chi connectivity index (χ0v) is 21.5. The SMILES string of the molecule is CC[C@@H](CNCC(F)(F)F)N1C(=O)[C@@](C)(CC(=O)O)CC(c2cccc(Cl)c2)[C@H]1c1ccc(Cl)cc1. The molecule has 1 fully saturated rings. The Labute approximate surface area is 218 Å². The molecule has 2 aromatic carbocycles. The number of nitrogens with one attached hydrogen (secondary N) is 1. The van der Waals surface area contributed by atoms with Crippen LogP contribution in [-0.2, 0) is 9.59 Å². The van der Waals surface area contributed by atoms with Crippen LogP contribution in [-0.4, -0.2) is 47.2 Å². The Hall–Kier alpha value is -2.29. The first-order valence-corrected chi connectivity index (χ1v) is 12.4. The molecule has 0 radical (unpaired) electrons. The molecular formula is C26H29Cl2F3N2O3. The molecule has 3 rings (SSSR count). The number of halogens is 5. The van der Waals surface area contributed by atoms with Crippen molar-refractivity contribution in [3.05, 3.63) is 69.7 Å². The normalized spacial score (nSPS) is 23.5. The smallest absolute Gasteiger partial charge is 0.401 e. The minimum absolute atomic E-state index is 0.0999. The van der Waals surface area contributed by atoms with Crippen LogP contribution < -0.4 is 5.32 Å². The molecule has 2 N–H and O–H groups in total. The lowest BCUT2D eigenvalue weighted by molar-refractivity contribution is -0.160. The van der Waals surface area contributed by atoms with Crippen molar-refractivity contribution >= 4 is 35.1 Å². The van der Waals surface area contributed by atoms with Crippen molar-refractivity contribution in [3.63, 3.8) is 0 Å². The Morgan fingerprint density at radius 2 is 1.83 bits per heavy atom. The first kappa shape index (κ1) is 28.3. The fourth-order valence-corrected chi connectivity index (χ4v) is 5.43. The number of benzene rings is 2. The van der Waals surface area contributed by atoms with Crippen LogP contribution in [0.4, 0.5) is 13.2 Å². The molecule has 2 aromatic rings. The summed E-state index contributed by atoms with van der Waals surface area (Å²) in [7, 11) is 0. The molecule has 0 spiro atoms. The lowest BCUT2D eigenvalue weighted by Gasteiger charge is -2.52. The number of hydrogen-bond donors (Lipinski definition) is 2. The largest absolute Gasteiger partial charge is 0.481 e. The Morgan fingerprint density at radius 3 is 2.39 bits per heavy atom. The van der Waals surface area contributed by atoms with Gasteiger partial charge in [0.15, 0.2) is 0 Å². The maximum absolute atomic E-state index is 14.0. The number of rotatable bonds is 9. The molecule has 0 saturated carbocycles. The molecule has 0 aliphatic carbocycles. The van der Waals surface area contributed by atoms with Crippen molar-refractivity contribution in [1.29, 1.82) is 0 Å². The molecule has 1 amide bonds. The number of alkyl halides is 3. The van der Waals surface area contributed by atoms with Crippen molar-refractivity contribution in [3.8, 4) is 0 Å². The highest BCUT2D eigenvalue weighted by Gasteiger charge is 2.52. The van der Waals surface area contributed by atoms with Gasteiger partial charge < -0.3 is 15.3 Å². The number of carboxylic acid groups (broad SMARTS) is 1. The lowest BCUT2D eigenvalue weighted by atomic mass is 9.67. The maximum atomic E-state index is 14.0. The molecule has 1 saturated heterocycles. The van der Waals surface area contributed by atoms with Crippen LogP contribution in [0.1, 0.15) is 56.2 Å². The van der Waals surface area contributed by atoms with Gasteiger partial charge in [0.05, 0.1) is 24.4 Å². The van der Waals surface area contributed by atoms with E-state index in [2.05, 4.69) is 5.32 Å². The van der Waals surface area contributed by atoms with Crippen LogP contribution in [0.2, 0.25) is 10.0 Å². The van der Waals surface area contributed by atoms with Gasteiger partial charge in [0.25, 0.3) is 0 Å². The van der Waals surface area contributed by atoms with Crippen LogP contribution in [0.3, 0.4) is 0 Å². The first-order valence-electron chi connectivity index (χ1n) is 11.7. The van der Waals surface area contributed by atoms with Crippen molar-refractivity contribution in [2.24, 2.45) is 5.41 Å². The Bertz CT molecular complexity index is 1080. The third kappa shape index (κ3) is 6.72. The molecule has 1 aliphatic rings. The quantitative estimate of drug-likeness (QED) is 0.380. The average molecular weight is 545 g/mol. The van der Waals surface area contributed by atoms with Crippen LogP contribution in [0, 0.1) is 5.41 Å². The van der Waals surface area contributed by atoms with E-state index in [9.17, 15) is 27.9 Å². The summed E-state index contributed by atoms with van der Waals surface area (Å²) in [6.07, 6.45) is -4.21. The lowest BCUT2D eigenvalue weighted by Crippen LogP contribution is -2.58. The summed E-state index contributed by atoms with van der Waals surface area (Å²) in [5, 5.41) is 13.1. The summed E-state index contributed by atoms with van der Waals surface area (Å²) in [5.41, 5.74) is 0.304. The third-order valence-electron chi connectivity index (χ3n) is 6.70. The molecule has 1 unspecified atom stereocenters. The van der Waals surface area contributed by atoms with Crippen LogP contribution in [0.5, 0.6) is 0 Å². The summed E-state index contributed by atoms with van der Waals surface area (Å²) >= 11 is 12.4. The number of piperidine rings is 1. The molecule has 36 heavy (non-hydrogen) atoms. The molecule has 1 aliphatic heterocycles. The van der Waals surface area contributed by atoms with E-state index in [1.54, 1.807) is 61.2 Å². The third-order valence-corrected chi connectivity index (χ3v) is 7.19. The van der Waals surface area contributed by atoms with Crippen LogP contribution in [0.25, 0.3) is 0 Å². The molecule has 5 nitrogen and oxygen atoms in total. The number of hydrogen-bond acceptors (Lipinski definition) is 3. The van der Waals surface area contributed by atoms with Gasteiger partial charge in [0.1, 0.15) is 0 Å². The molecule has 1 heterocycles.